The highest BCUT2D eigenvalue weighted by Gasteiger charge is 1.96. The monoisotopic (exact) mass is 157 g/mol. The Bertz CT molecular complexity index is 237. The molecule has 0 saturated carbocycles. The summed E-state index contributed by atoms with van der Waals surface area (Å²) in [7, 11) is 0. The van der Waals surface area contributed by atoms with Crippen molar-refractivity contribution in [3.8, 4) is 0 Å². The lowest BCUT2D eigenvalue weighted by Crippen LogP contribution is -1.97. The maximum absolute atomic E-state index is 12.4. The molecular formula is C7H8FNS. The highest BCUT2D eigenvalue weighted by atomic mass is 32.1. The van der Waals surface area contributed by atoms with Gasteiger partial charge in [0.2, 0.25) is 0 Å². The SMILES string of the molecule is NCc1ccc(F)cc1S. The minimum Gasteiger partial charge on any atom is -0.326 e. The van der Waals surface area contributed by atoms with E-state index in [1.165, 1.54) is 12.1 Å². The third-order valence-electron chi connectivity index (χ3n) is 1.27. The molecule has 1 rings (SSSR count). The molecule has 0 heterocycles. The van der Waals surface area contributed by atoms with E-state index in [2.05, 4.69) is 12.6 Å². The number of hydrogen-bond acceptors (Lipinski definition) is 2. The zero-order valence-electron chi connectivity index (χ0n) is 5.34. The molecule has 0 atom stereocenters. The summed E-state index contributed by atoms with van der Waals surface area (Å²) in [4.78, 5) is 0.613. The average Bonchev–Trinajstić information content (AvgIpc) is 1.88. The van der Waals surface area contributed by atoms with Gasteiger partial charge < -0.3 is 5.73 Å². The fraction of sp³-hybridized carbons (Fsp3) is 0.143. The predicted octanol–water partition coefficient (Wildman–Crippen LogP) is 1.57. The Morgan fingerprint density at radius 2 is 2.20 bits per heavy atom. The summed E-state index contributed by atoms with van der Waals surface area (Å²) in [6.07, 6.45) is 0. The summed E-state index contributed by atoms with van der Waals surface area (Å²) in [6, 6.07) is 4.37. The van der Waals surface area contributed by atoms with Crippen molar-refractivity contribution in [1.82, 2.24) is 0 Å². The number of nitrogens with two attached hydrogens (primary N) is 1. The van der Waals surface area contributed by atoms with Crippen LogP contribution in [-0.4, -0.2) is 0 Å². The molecule has 2 N–H and O–H groups in total. The number of thiol groups is 1. The van der Waals surface area contributed by atoms with Crippen LogP contribution in [0.1, 0.15) is 5.56 Å². The molecule has 54 valence electrons. The number of rotatable bonds is 1. The number of benzene rings is 1. The normalized spacial score (nSPS) is 9.90. The zero-order chi connectivity index (χ0) is 7.56. The Morgan fingerprint density at radius 3 is 2.70 bits per heavy atom. The lowest BCUT2D eigenvalue weighted by Gasteiger charge is -1.99. The molecule has 0 aromatic heterocycles. The fourth-order valence-electron chi connectivity index (χ4n) is 0.710. The molecule has 1 nitrogen and oxygen atoms in total. The predicted molar refractivity (Wildman–Crippen MR) is 41.5 cm³/mol. The second-order valence-electron chi connectivity index (χ2n) is 1.98. The van der Waals surface area contributed by atoms with E-state index in [9.17, 15) is 4.39 Å². The summed E-state index contributed by atoms with van der Waals surface area (Å²) in [6.45, 7) is 0.402. The lowest BCUT2D eigenvalue weighted by atomic mass is 10.2. The van der Waals surface area contributed by atoms with Gasteiger partial charge in [-0.05, 0) is 17.7 Å². The lowest BCUT2D eigenvalue weighted by molar-refractivity contribution is 0.623. The maximum atomic E-state index is 12.4. The molecule has 3 heteroatoms. The van der Waals surface area contributed by atoms with Crippen LogP contribution >= 0.6 is 12.6 Å². The van der Waals surface area contributed by atoms with Crippen molar-refractivity contribution in [1.29, 1.82) is 0 Å². The van der Waals surface area contributed by atoms with Gasteiger partial charge in [0.25, 0.3) is 0 Å². The van der Waals surface area contributed by atoms with Gasteiger partial charge in [0.15, 0.2) is 0 Å². The van der Waals surface area contributed by atoms with Gasteiger partial charge >= 0.3 is 0 Å². The summed E-state index contributed by atoms with van der Waals surface area (Å²) in [5, 5.41) is 0. The van der Waals surface area contributed by atoms with Crippen LogP contribution in [-0.2, 0) is 6.54 Å². The second kappa shape index (κ2) is 3.03. The van der Waals surface area contributed by atoms with Crippen molar-refractivity contribution < 1.29 is 4.39 Å². The standard InChI is InChI=1S/C7H8FNS/c8-6-2-1-5(4-9)7(10)3-6/h1-3,10H,4,9H2. The molecular weight excluding hydrogens is 149 g/mol. The van der Waals surface area contributed by atoms with Crippen LogP contribution < -0.4 is 5.73 Å². The van der Waals surface area contributed by atoms with Crippen LogP contribution in [0.15, 0.2) is 23.1 Å². The van der Waals surface area contributed by atoms with Crippen LogP contribution in [0.3, 0.4) is 0 Å². The van der Waals surface area contributed by atoms with Crippen molar-refractivity contribution in [2.75, 3.05) is 0 Å². The van der Waals surface area contributed by atoms with E-state index >= 15 is 0 Å². The first-order chi connectivity index (χ1) is 4.74. The molecule has 0 unspecified atom stereocenters. The van der Waals surface area contributed by atoms with Crippen LogP contribution in [0.2, 0.25) is 0 Å². The minimum atomic E-state index is -0.276. The highest BCUT2D eigenvalue weighted by Crippen LogP contribution is 2.13. The van der Waals surface area contributed by atoms with Gasteiger partial charge in [0.1, 0.15) is 5.82 Å². The summed E-state index contributed by atoms with van der Waals surface area (Å²) < 4.78 is 12.4. The average molecular weight is 157 g/mol. The van der Waals surface area contributed by atoms with E-state index in [-0.39, 0.29) is 5.82 Å². The molecule has 0 saturated heterocycles. The minimum absolute atomic E-state index is 0.276. The largest absolute Gasteiger partial charge is 0.326 e. The van der Waals surface area contributed by atoms with E-state index < -0.39 is 0 Å². The molecule has 0 spiro atoms. The molecule has 1 aromatic rings. The first-order valence-electron chi connectivity index (χ1n) is 2.91. The van der Waals surface area contributed by atoms with Gasteiger partial charge in [-0.2, -0.15) is 0 Å². The zero-order valence-corrected chi connectivity index (χ0v) is 6.24. The van der Waals surface area contributed by atoms with Gasteiger partial charge in [-0.15, -0.1) is 12.6 Å². The second-order valence-corrected chi connectivity index (χ2v) is 2.46. The third kappa shape index (κ3) is 1.49. The van der Waals surface area contributed by atoms with Crippen molar-refractivity contribution in [2.24, 2.45) is 5.73 Å². The van der Waals surface area contributed by atoms with Crippen molar-refractivity contribution >= 4 is 12.6 Å². The molecule has 0 fully saturated rings. The quantitative estimate of drug-likeness (QED) is 0.595. The molecule has 0 radical (unpaired) electrons. The van der Waals surface area contributed by atoms with Gasteiger partial charge in [0.05, 0.1) is 0 Å². The Kier molecular flexibility index (Phi) is 2.29. The van der Waals surface area contributed by atoms with E-state index in [4.69, 9.17) is 5.73 Å². The van der Waals surface area contributed by atoms with Gasteiger partial charge in [-0.1, -0.05) is 6.07 Å². The maximum Gasteiger partial charge on any atom is 0.124 e. The van der Waals surface area contributed by atoms with Crippen LogP contribution in [0.5, 0.6) is 0 Å². The first kappa shape index (κ1) is 7.57. The first-order valence-corrected chi connectivity index (χ1v) is 3.36. The summed E-state index contributed by atoms with van der Waals surface area (Å²) in [5.41, 5.74) is 6.19. The Labute approximate surface area is 64.5 Å². The highest BCUT2D eigenvalue weighted by molar-refractivity contribution is 7.80. The van der Waals surface area contributed by atoms with E-state index in [0.29, 0.717) is 11.4 Å². The fourth-order valence-corrected chi connectivity index (χ4v) is 0.999. The van der Waals surface area contributed by atoms with E-state index in [1.54, 1.807) is 6.07 Å². The van der Waals surface area contributed by atoms with Crippen molar-refractivity contribution in [3.05, 3.63) is 29.6 Å². The summed E-state index contributed by atoms with van der Waals surface area (Å²) >= 11 is 4.03. The summed E-state index contributed by atoms with van der Waals surface area (Å²) in [5.74, 6) is -0.276. The Balaban J connectivity index is 3.07. The van der Waals surface area contributed by atoms with Crippen LogP contribution in [0.4, 0.5) is 4.39 Å². The third-order valence-corrected chi connectivity index (χ3v) is 1.68. The van der Waals surface area contributed by atoms with Crippen LogP contribution in [0, 0.1) is 5.82 Å². The van der Waals surface area contributed by atoms with Gasteiger partial charge in [-0.25, -0.2) is 4.39 Å². The molecule has 0 aliphatic heterocycles. The van der Waals surface area contributed by atoms with E-state index in [0.717, 1.165) is 5.56 Å². The molecule has 10 heavy (non-hydrogen) atoms. The Morgan fingerprint density at radius 1 is 1.50 bits per heavy atom. The van der Waals surface area contributed by atoms with E-state index in [1.807, 2.05) is 0 Å². The van der Waals surface area contributed by atoms with Crippen molar-refractivity contribution in [3.63, 3.8) is 0 Å². The van der Waals surface area contributed by atoms with Crippen molar-refractivity contribution in [2.45, 2.75) is 11.4 Å². The molecule has 1 aromatic carbocycles. The number of halogens is 1. The molecule has 0 aliphatic rings. The topological polar surface area (TPSA) is 26.0 Å². The molecule has 0 amide bonds. The molecule has 0 aliphatic carbocycles. The molecule has 0 bridgehead atoms. The number of hydrogen-bond donors (Lipinski definition) is 2. The Hall–Kier alpha value is -0.540. The van der Waals surface area contributed by atoms with Gasteiger partial charge in [0, 0.05) is 11.4 Å². The van der Waals surface area contributed by atoms with Crippen LogP contribution in [0.25, 0.3) is 0 Å². The smallest absolute Gasteiger partial charge is 0.124 e. The van der Waals surface area contributed by atoms with Gasteiger partial charge in [-0.3, -0.25) is 0 Å².